The molecule has 2 aromatic carbocycles. The van der Waals surface area contributed by atoms with Crippen LogP contribution in [0.15, 0.2) is 60.7 Å². The van der Waals surface area contributed by atoms with Gasteiger partial charge in [-0.3, -0.25) is 0 Å². The molecule has 0 saturated carbocycles. The maximum atomic E-state index is 13.6. The molecular weight excluding hydrogens is 363 g/mol. The Morgan fingerprint density at radius 2 is 1.29 bits per heavy atom. The molecule has 0 unspecified atom stereocenters. The summed E-state index contributed by atoms with van der Waals surface area (Å²) in [7, 11) is 0. The molecule has 28 heavy (non-hydrogen) atoms. The van der Waals surface area contributed by atoms with Gasteiger partial charge in [-0.05, 0) is 24.8 Å². The van der Waals surface area contributed by atoms with E-state index < -0.39 is 12.0 Å². The molecule has 144 valence electrons. The van der Waals surface area contributed by atoms with Crippen molar-refractivity contribution < 1.29 is 13.2 Å². The smallest absolute Gasteiger partial charge is 0.356 e. The second-order valence-electron chi connectivity index (χ2n) is 6.87. The van der Waals surface area contributed by atoms with Gasteiger partial charge in [0.05, 0.1) is 11.3 Å². The number of piperidine rings is 1. The van der Waals surface area contributed by atoms with Gasteiger partial charge in [0.25, 0.3) is 0 Å². The number of hydrogen-bond acceptors (Lipinski definition) is 3. The second-order valence-corrected chi connectivity index (χ2v) is 6.87. The van der Waals surface area contributed by atoms with Crippen molar-refractivity contribution in [3.8, 4) is 22.4 Å². The fourth-order valence-corrected chi connectivity index (χ4v) is 3.59. The molecule has 3 aromatic rings. The zero-order valence-corrected chi connectivity index (χ0v) is 15.3. The van der Waals surface area contributed by atoms with Crippen LogP contribution in [0.5, 0.6) is 0 Å². The van der Waals surface area contributed by atoms with Gasteiger partial charge in [-0.25, -0.2) is 9.97 Å². The van der Waals surface area contributed by atoms with Gasteiger partial charge in [-0.15, -0.1) is 0 Å². The molecule has 2 heterocycles. The number of aromatic nitrogens is 2. The summed E-state index contributed by atoms with van der Waals surface area (Å²) < 4.78 is 40.9. The fraction of sp³-hybridized carbons (Fsp3) is 0.273. The van der Waals surface area contributed by atoms with E-state index in [1.807, 2.05) is 41.3 Å². The van der Waals surface area contributed by atoms with Gasteiger partial charge in [-0.2, -0.15) is 13.2 Å². The number of hydrogen-bond donors (Lipinski definition) is 0. The third-order valence-corrected chi connectivity index (χ3v) is 4.91. The molecular formula is C22H20F3N3. The molecule has 0 amide bonds. The predicted octanol–water partition coefficient (Wildman–Crippen LogP) is 5.82. The molecule has 6 heteroatoms. The van der Waals surface area contributed by atoms with E-state index in [2.05, 4.69) is 9.97 Å². The molecule has 1 aliphatic rings. The van der Waals surface area contributed by atoms with Gasteiger partial charge in [0, 0.05) is 18.7 Å². The van der Waals surface area contributed by atoms with Crippen molar-refractivity contribution in [2.24, 2.45) is 0 Å². The Morgan fingerprint density at radius 3 is 1.86 bits per heavy atom. The first kappa shape index (κ1) is 18.5. The largest absolute Gasteiger partial charge is 0.451 e. The highest BCUT2D eigenvalue weighted by molar-refractivity contribution is 5.88. The summed E-state index contributed by atoms with van der Waals surface area (Å²) in [5, 5.41) is 0. The Kier molecular flexibility index (Phi) is 5.03. The van der Waals surface area contributed by atoms with Gasteiger partial charge in [0.15, 0.2) is 0 Å². The van der Waals surface area contributed by atoms with Crippen LogP contribution in [0.3, 0.4) is 0 Å². The van der Waals surface area contributed by atoms with Crippen LogP contribution >= 0.6 is 0 Å². The highest BCUT2D eigenvalue weighted by atomic mass is 19.4. The number of anilines is 1. The summed E-state index contributed by atoms with van der Waals surface area (Å²) in [4.78, 5) is 9.97. The van der Waals surface area contributed by atoms with Crippen molar-refractivity contribution in [2.45, 2.75) is 25.4 Å². The van der Waals surface area contributed by atoms with Gasteiger partial charge in [0.2, 0.25) is 5.82 Å². The molecule has 1 aliphatic heterocycles. The summed E-state index contributed by atoms with van der Waals surface area (Å²) in [6, 6.07) is 18.4. The van der Waals surface area contributed by atoms with Gasteiger partial charge >= 0.3 is 6.18 Å². The van der Waals surface area contributed by atoms with Crippen molar-refractivity contribution in [2.75, 3.05) is 18.0 Å². The molecule has 0 radical (unpaired) electrons. The van der Waals surface area contributed by atoms with E-state index in [-0.39, 0.29) is 0 Å². The Labute approximate surface area is 161 Å². The molecule has 0 bridgehead atoms. The zero-order valence-electron chi connectivity index (χ0n) is 15.3. The van der Waals surface area contributed by atoms with Crippen molar-refractivity contribution in [1.82, 2.24) is 9.97 Å². The van der Waals surface area contributed by atoms with Crippen LogP contribution in [-0.4, -0.2) is 23.1 Å². The average molecular weight is 383 g/mol. The highest BCUT2D eigenvalue weighted by Crippen LogP contribution is 2.40. The molecule has 1 saturated heterocycles. The molecule has 1 aromatic heterocycles. The molecule has 3 nitrogen and oxygen atoms in total. The molecule has 4 rings (SSSR count). The SMILES string of the molecule is FC(F)(F)c1nc(-c2ccccc2)c(-c2ccccc2)c(N2CCCCC2)n1. The summed E-state index contributed by atoms with van der Waals surface area (Å²) in [5.41, 5.74) is 2.43. The van der Waals surface area contributed by atoms with Crippen molar-refractivity contribution >= 4 is 5.82 Å². The summed E-state index contributed by atoms with van der Waals surface area (Å²) in [6.45, 7) is 1.39. The van der Waals surface area contributed by atoms with E-state index in [4.69, 9.17) is 0 Å². The van der Waals surface area contributed by atoms with Crippen LogP contribution in [0.4, 0.5) is 19.0 Å². The Bertz CT molecular complexity index is 934. The van der Waals surface area contributed by atoms with Crippen LogP contribution in [0.2, 0.25) is 0 Å². The van der Waals surface area contributed by atoms with Gasteiger partial charge in [-0.1, -0.05) is 60.7 Å². The quantitative estimate of drug-likeness (QED) is 0.571. The number of alkyl halides is 3. The minimum atomic E-state index is -4.61. The minimum absolute atomic E-state index is 0.315. The highest BCUT2D eigenvalue weighted by Gasteiger charge is 2.37. The Morgan fingerprint density at radius 1 is 0.714 bits per heavy atom. The van der Waals surface area contributed by atoms with Gasteiger partial charge < -0.3 is 4.90 Å². The third-order valence-electron chi connectivity index (χ3n) is 4.91. The Balaban J connectivity index is 2.01. The van der Waals surface area contributed by atoms with Crippen molar-refractivity contribution in [1.29, 1.82) is 0 Å². The lowest BCUT2D eigenvalue weighted by atomic mass is 9.98. The Hall–Kier alpha value is -2.89. The van der Waals surface area contributed by atoms with E-state index in [1.165, 1.54) is 0 Å². The lowest BCUT2D eigenvalue weighted by Crippen LogP contribution is -2.32. The normalized spacial score (nSPS) is 14.9. The van der Waals surface area contributed by atoms with Crippen LogP contribution in [0, 0.1) is 0 Å². The first-order valence-corrected chi connectivity index (χ1v) is 9.39. The number of rotatable bonds is 3. The summed E-state index contributed by atoms with van der Waals surface area (Å²) in [6.07, 6.45) is -1.64. The zero-order chi connectivity index (χ0) is 19.6. The van der Waals surface area contributed by atoms with E-state index in [0.29, 0.717) is 35.7 Å². The second kappa shape index (κ2) is 7.62. The molecule has 0 atom stereocenters. The van der Waals surface area contributed by atoms with E-state index in [0.717, 1.165) is 24.8 Å². The maximum absolute atomic E-state index is 13.6. The lowest BCUT2D eigenvalue weighted by Gasteiger charge is -2.30. The minimum Gasteiger partial charge on any atom is -0.356 e. The summed E-state index contributed by atoms with van der Waals surface area (Å²) >= 11 is 0. The van der Waals surface area contributed by atoms with Crippen LogP contribution < -0.4 is 4.90 Å². The number of benzene rings is 2. The van der Waals surface area contributed by atoms with Crippen molar-refractivity contribution in [3.63, 3.8) is 0 Å². The third kappa shape index (κ3) is 3.72. The van der Waals surface area contributed by atoms with E-state index in [1.54, 1.807) is 24.3 Å². The van der Waals surface area contributed by atoms with Crippen LogP contribution in [0.1, 0.15) is 25.1 Å². The predicted molar refractivity (Wildman–Crippen MR) is 104 cm³/mol. The van der Waals surface area contributed by atoms with Crippen LogP contribution in [0.25, 0.3) is 22.4 Å². The molecule has 1 fully saturated rings. The summed E-state index contributed by atoms with van der Waals surface area (Å²) in [5.74, 6) is -0.723. The first-order chi connectivity index (χ1) is 13.5. The lowest BCUT2D eigenvalue weighted by molar-refractivity contribution is -0.144. The maximum Gasteiger partial charge on any atom is 0.451 e. The number of halogens is 3. The van der Waals surface area contributed by atoms with E-state index in [9.17, 15) is 13.2 Å². The van der Waals surface area contributed by atoms with E-state index >= 15 is 0 Å². The van der Waals surface area contributed by atoms with Crippen LogP contribution in [-0.2, 0) is 6.18 Å². The molecule has 0 aliphatic carbocycles. The fourth-order valence-electron chi connectivity index (χ4n) is 3.59. The molecule has 0 N–H and O–H groups in total. The van der Waals surface area contributed by atoms with Crippen molar-refractivity contribution in [3.05, 3.63) is 66.5 Å². The van der Waals surface area contributed by atoms with Gasteiger partial charge in [0.1, 0.15) is 5.82 Å². The molecule has 0 spiro atoms. The number of nitrogens with zero attached hydrogens (tertiary/aromatic N) is 3. The monoisotopic (exact) mass is 383 g/mol. The average Bonchev–Trinajstić information content (AvgIpc) is 2.74. The standard InChI is InChI=1S/C22H20F3N3/c23-22(24,25)21-26-19(17-12-6-2-7-13-17)18(16-10-4-1-5-11-16)20(27-21)28-14-8-3-9-15-28/h1-2,4-7,10-13H,3,8-9,14-15H2. The topological polar surface area (TPSA) is 29.0 Å². The first-order valence-electron chi connectivity index (χ1n) is 9.39.